The standard InChI is InChI=1S/C12H14N2O3/c1-7-4-3-5-8-11(7)13-12(17)9(14(8)2)6-10(15)16/h3-5,9H,6H2,1-2H3,(H,13,17)(H,15,16). The highest BCUT2D eigenvalue weighted by molar-refractivity contribution is 6.05. The zero-order valence-electron chi connectivity index (χ0n) is 9.73. The van der Waals surface area contributed by atoms with Gasteiger partial charge < -0.3 is 15.3 Å². The van der Waals surface area contributed by atoms with Crippen molar-refractivity contribution >= 4 is 23.3 Å². The van der Waals surface area contributed by atoms with E-state index in [1.54, 1.807) is 11.9 Å². The summed E-state index contributed by atoms with van der Waals surface area (Å²) in [6.07, 6.45) is -0.199. The van der Waals surface area contributed by atoms with E-state index in [2.05, 4.69) is 5.32 Å². The molecule has 0 saturated carbocycles. The minimum atomic E-state index is -0.979. The highest BCUT2D eigenvalue weighted by Crippen LogP contribution is 2.34. The molecule has 5 heteroatoms. The fourth-order valence-corrected chi connectivity index (χ4v) is 2.05. The van der Waals surface area contributed by atoms with Gasteiger partial charge in [-0.2, -0.15) is 0 Å². The van der Waals surface area contributed by atoms with E-state index in [1.165, 1.54) is 0 Å². The van der Waals surface area contributed by atoms with E-state index in [9.17, 15) is 9.59 Å². The van der Waals surface area contributed by atoms with Crippen molar-refractivity contribution in [1.82, 2.24) is 0 Å². The molecule has 1 amide bonds. The molecule has 0 saturated heterocycles. The lowest BCUT2D eigenvalue weighted by molar-refractivity contribution is -0.138. The van der Waals surface area contributed by atoms with Crippen molar-refractivity contribution in [2.45, 2.75) is 19.4 Å². The van der Waals surface area contributed by atoms with Crippen molar-refractivity contribution in [3.05, 3.63) is 23.8 Å². The van der Waals surface area contributed by atoms with E-state index >= 15 is 0 Å². The highest BCUT2D eigenvalue weighted by Gasteiger charge is 2.32. The van der Waals surface area contributed by atoms with Crippen molar-refractivity contribution < 1.29 is 14.7 Å². The van der Waals surface area contributed by atoms with Gasteiger partial charge in [0.05, 0.1) is 17.8 Å². The summed E-state index contributed by atoms with van der Waals surface area (Å²) in [5.41, 5.74) is 2.59. The predicted octanol–water partition coefficient (Wildman–Crippen LogP) is 1.23. The maximum atomic E-state index is 11.8. The summed E-state index contributed by atoms with van der Waals surface area (Å²) in [4.78, 5) is 24.3. The van der Waals surface area contributed by atoms with E-state index < -0.39 is 12.0 Å². The number of amides is 1. The molecule has 2 rings (SSSR count). The third kappa shape index (κ3) is 1.95. The van der Waals surface area contributed by atoms with E-state index in [1.807, 2.05) is 25.1 Å². The monoisotopic (exact) mass is 234 g/mol. The molecule has 0 fully saturated rings. The quantitative estimate of drug-likeness (QED) is 0.807. The summed E-state index contributed by atoms with van der Waals surface area (Å²) >= 11 is 0. The first kappa shape index (κ1) is 11.4. The van der Waals surface area contributed by atoms with Crippen LogP contribution in [-0.2, 0) is 9.59 Å². The molecule has 17 heavy (non-hydrogen) atoms. The predicted molar refractivity (Wildman–Crippen MR) is 64.3 cm³/mol. The number of carbonyl (C=O) groups is 2. The first-order valence-corrected chi connectivity index (χ1v) is 5.36. The minimum Gasteiger partial charge on any atom is -0.481 e. The van der Waals surface area contributed by atoms with Crippen LogP contribution in [0.4, 0.5) is 11.4 Å². The Labute approximate surface area is 99.0 Å². The van der Waals surface area contributed by atoms with Gasteiger partial charge >= 0.3 is 5.97 Å². The average Bonchev–Trinajstić information content (AvgIpc) is 2.26. The van der Waals surface area contributed by atoms with Crippen molar-refractivity contribution in [3.63, 3.8) is 0 Å². The molecule has 0 aliphatic carbocycles. The number of anilines is 2. The van der Waals surface area contributed by atoms with Crippen LogP contribution < -0.4 is 10.2 Å². The van der Waals surface area contributed by atoms with Crippen LogP contribution in [0.15, 0.2) is 18.2 Å². The molecule has 1 unspecified atom stereocenters. The van der Waals surface area contributed by atoms with Crippen molar-refractivity contribution in [2.75, 3.05) is 17.3 Å². The highest BCUT2D eigenvalue weighted by atomic mass is 16.4. The van der Waals surface area contributed by atoms with Gasteiger partial charge in [-0.05, 0) is 18.6 Å². The van der Waals surface area contributed by atoms with Crippen molar-refractivity contribution in [3.8, 4) is 0 Å². The summed E-state index contributed by atoms with van der Waals surface area (Å²) < 4.78 is 0. The molecule has 1 aromatic rings. The second-order valence-corrected chi connectivity index (χ2v) is 4.18. The molecule has 1 atom stereocenters. The summed E-state index contributed by atoms with van der Waals surface area (Å²) in [5, 5.41) is 11.6. The fraction of sp³-hybridized carbons (Fsp3) is 0.333. The number of nitrogens with zero attached hydrogens (tertiary/aromatic N) is 1. The molecule has 0 radical (unpaired) electrons. The number of carboxylic acids is 1. The van der Waals surface area contributed by atoms with Gasteiger partial charge in [0, 0.05) is 7.05 Å². The van der Waals surface area contributed by atoms with Gasteiger partial charge in [0.1, 0.15) is 6.04 Å². The number of nitrogens with one attached hydrogen (secondary N) is 1. The lowest BCUT2D eigenvalue weighted by Gasteiger charge is -2.35. The number of benzene rings is 1. The van der Waals surface area contributed by atoms with Gasteiger partial charge in [0.2, 0.25) is 5.91 Å². The van der Waals surface area contributed by atoms with Crippen LogP contribution >= 0.6 is 0 Å². The second kappa shape index (κ2) is 4.08. The number of hydrogen-bond acceptors (Lipinski definition) is 3. The van der Waals surface area contributed by atoms with Crippen LogP contribution in [0.5, 0.6) is 0 Å². The maximum absolute atomic E-state index is 11.8. The normalized spacial score (nSPS) is 18.6. The molecule has 1 heterocycles. The number of fused-ring (bicyclic) bond motifs is 1. The number of rotatable bonds is 2. The van der Waals surface area contributed by atoms with E-state index in [0.29, 0.717) is 0 Å². The Morgan fingerprint density at radius 2 is 2.24 bits per heavy atom. The molecule has 5 nitrogen and oxygen atoms in total. The Morgan fingerprint density at radius 1 is 1.53 bits per heavy atom. The largest absolute Gasteiger partial charge is 0.481 e. The molecular weight excluding hydrogens is 220 g/mol. The summed E-state index contributed by atoms with van der Waals surface area (Å²) in [6, 6.07) is 5.02. The topological polar surface area (TPSA) is 69.6 Å². The molecule has 0 bridgehead atoms. The number of para-hydroxylation sites is 1. The summed E-state index contributed by atoms with van der Waals surface area (Å²) in [6.45, 7) is 1.91. The molecule has 1 aliphatic rings. The lowest BCUT2D eigenvalue weighted by atomic mass is 10.0. The Kier molecular flexibility index (Phi) is 2.75. The number of likely N-dealkylation sites (N-methyl/N-ethyl adjacent to an activating group) is 1. The van der Waals surface area contributed by atoms with Crippen LogP contribution in [-0.4, -0.2) is 30.1 Å². The van der Waals surface area contributed by atoms with Gasteiger partial charge in [-0.25, -0.2) is 0 Å². The van der Waals surface area contributed by atoms with Gasteiger partial charge in [-0.1, -0.05) is 12.1 Å². The zero-order valence-corrected chi connectivity index (χ0v) is 9.73. The Bertz CT molecular complexity index is 485. The van der Waals surface area contributed by atoms with Crippen molar-refractivity contribution in [2.24, 2.45) is 0 Å². The van der Waals surface area contributed by atoms with Crippen LogP contribution in [0.3, 0.4) is 0 Å². The molecule has 1 aromatic carbocycles. The SMILES string of the molecule is Cc1cccc2c1NC(=O)C(CC(=O)O)N2C. The average molecular weight is 234 g/mol. The number of aryl methyl sites for hydroxylation is 1. The first-order chi connectivity index (χ1) is 8.00. The van der Waals surface area contributed by atoms with Gasteiger partial charge in [-0.3, -0.25) is 9.59 Å². The molecule has 2 N–H and O–H groups in total. The van der Waals surface area contributed by atoms with E-state index in [4.69, 9.17) is 5.11 Å². The van der Waals surface area contributed by atoms with Crippen LogP contribution in [0.25, 0.3) is 0 Å². The van der Waals surface area contributed by atoms with Gasteiger partial charge in [0.25, 0.3) is 0 Å². The Balaban J connectivity index is 2.40. The third-order valence-corrected chi connectivity index (χ3v) is 3.02. The second-order valence-electron chi connectivity index (χ2n) is 4.18. The molecular formula is C12H14N2O3. The summed E-state index contributed by atoms with van der Waals surface area (Å²) in [7, 11) is 1.74. The Hall–Kier alpha value is -2.04. The van der Waals surface area contributed by atoms with Crippen molar-refractivity contribution in [1.29, 1.82) is 0 Å². The summed E-state index contributed by atoms with van der Waals surface area (Å²) in [5.74, 6) is -1.25. The van der Waals surface area contributed by atoms with Gasteiger partial charge in [-0.15, -0.1) is 0 Å². The zero-order chi connectivity index (χ0) is 12.6. The van der Waals surface area contributed by atoms with E-state index in [0.717, 1.165) is 16.9 Å². The minimum absolute atomic E-state index is 0.199. The fourth-order valence-electron chi connectivity index (χ4n) is 2.05. The number of carboxylic acid groups (broad SMARTS) is 1. The van der Waals surface area contributed by atoms with E-state index in [-0.39, 0.29) is 12.3 Å². The van der Waals surface area contributed by atoms with Gasteiger partial charge in [0.15, 0.2) is 0 Å². The van der Waals surface area contributed by atoms with Crippen LogP contribution in [0.2, 0.25) is 0 Å². The maximum Gasteiger partial charge on any atom is 0.305 e. The Morgan fingerprint density at radius 3 is 2.88 bits per heavy atom. The third-order valence-electron chi connectivity index (χ3n) is 3.02. The number of aliphatic carboxylic acids is 1. The number of hydrogen-bond donors (Lipinski definition) is 2. The molecule has 0 aromatic heterocycles. The number of carbonyl (C=O) groups excluding carboxylic acids is 1. The molecule has 1 aliphatic heterocycles. The molecule has 0 spiro atoms. The smallest absolute Gasteiger partial charge is 0.305 e. The van der Waals surface area contributed by atoms with Crippen LogP contribution in [0.1, 0.15) is 12.0 Å². The first-order valence-electron chi connectivity index (χ1n) is 5.36. The lowest BCUT2D eigenvalue weighted by Crippen LogP contribution is -2.47. The molecule has 90 valence electrons. The van der Waals surface area contributed by atoms with Crippen LogP contribution in [0, 0.1) is 6.92 Å².